The molecule has 0 amide bonds. The van der Waals surface area contributed by atoms with Crippen LogP contribution in [0.5, 0.6) is 11.5 Å². The van der Waals surface area contributed by atoms with Gasteiger partial charge in [-0.2, -0.15) is 0 Å². The Bertz CT molecular complexity index is 483. The summed E-state index contributed by atoms with van der Waals surface area (Å²) in [5.41, 5.74) is 6.71. The summed E-state index contributed by atoms with van der Waals surface area (Å²) < 4.78 is 11.2. The summed E-state index contributed by atoms with van der Waals surface area (Å²) in [7, 11) is 1.65. The molecule has 0 atom stereocenters. The van der Waals surface area contributed by atoms with Crippen molar-refractivity contribution in [2.45, 2.75) is 13.0 Å². The monoisotopic (exact) mass is 263 g/mol. The van der Waals surface area contributed by atoms with Crippen molar-refractivity contribution in [3.05, 3.63) is 46.2 Å². The van der Waals surface area contributed by atoms with E-state index in [1.807, 2.05) is 29.6 Å². The van der Waals surface area contributed by atoms with Gasteiger partial charge < -0.3 is 15.2 Å². The molecule has 0 saturated heterocycles. The molecule has 1 aromatic carbocycles. The Hall–Kier alpha value is -1.52. The quantitative estimate of drug-likeness (QED) is 0.871. The number of thiophene rings is 1. The molecule has 0 saturated carbocycles. The summed E-state index contributed by atoms with van der Waals surface area (Å²) >= 11 is 1.68. The van der Waals surface area contributed by atoms with Crippen LogP contribution in [0.2, 0.25) is 0 Å². The van der Waals surface area contributed by atoms with Crippen LogP contribution in [0.25, 0.3) is 0 Å². The first kappa shape index (κ1) is 12.9. The van der Waals surface area contributed by atoms with Gasteiger partial charge >= 0.3 is 0 Å². The van der Waals surface area contributed by atoms with Crippen LogP contribution in [0, 0.1) is 0 Å². The van der Waals surface area contributed by atoms with E-state index in [0.29, 0.717) is 13.2 Å². The number of methoxy groups -OCH3 is 1. The molecular weight excluding hydrogens is 246 g/mol. The van der Waals surface area contributed by atoms with Gasteiger partial charge in [0, 0.05) is 4.88 Å². The molecule has 0 aliphatic carbocycles. The maximum atomic E-state index is 5.89. The third kappa shape index (κ3) is 3.03. The van der Waals surface area contributed by atoms with E-state index in [1.54, 1.807) is 18.4 Å². The summed E-state index contributed by atoms with van der Waals surface area (Å²) in [4.78, 5) is 1.19. The third-order valence-corrected chi connectivity index (χ3v) is 3.48. The predicted octanol–water partition coefficient (Wildman–Crippen LogP) is 2.84. The van der Waals surface area contributed by atoms with Crippen LogP contribution in [0.3, 0.4) is 0 Å². The van der Waals surface area contributed by atoms with E-state index in [0.717, 1.165) is 23.5 Å². The Kier molecular flexibility index (Phi) is 4.61. The molecule has 1 heterocycles. The van der Waals surface area contributed by atoms with E-state index in [9.17, 15) is 0 Å². The first-order chi connectivity index (χ1) is 8.85. The molecule has 0 aliphatic heterocycles. The SMILES string of the molecule is COc1cccc(CCN)c1OCc1cccs1. The average molecular weight is 263 g/mol. The summed E-state index contributed by atoms with van der Waals surface area (Å²) in [6.07, 6.45) is 0.789. The molecule has 0 bridgehead atoms. The van der Waals surface area contributed by atoms with Crippen LogP contribution < -0.4 is 15.2 Å². The number of benzene rings is 1. The molecule has 2 rings (SSSR count). The van der Waals surface area contributed by atoms with Gasteiger partial charge in [-0.25, -0.2) is 0 Å². The molecule has 1 aromatic heterocycles. The highest BCUT2D eigenvalue weighted by molar-refractivity contribution is 7.09. The van der Waals surface area contributed by atoms with E-state index >= 15 is 0 Å². The fourth-order valence-corrected chi connectivity index (χ4v) is 2.39. The van der Waals surface area contributed by atoms with Gasteiger partial charge in [0.25, 0.3) is 0 Å². The van der Waals surface area contributed by atoms with Crippen LogP contribution in [0.4, 0.5) is 0 Å². The largest absolute Gasteiger partial charge is 0.493 e. The van der Waals surface area contributed by atoms with Gasteiger partial charge in [-0.1, -0.05) is 18.2 Å². The maximum Gasteiger partial charge on any atom is 0.164 e. The number of rotatable bonds is 6. The normalized spacial score (nSPS) is 10.3. The second-order valence-corrected chi connectivity index (χ2v) is 4.89. The zero-order valence-corrected chi connectivity index (χ0v) is 11.2. The van der Waals surface area contributed by atoms with Gasteiger partial charge in [-0.3, -0.25) is 0 Å². The molecule has 2 aromatic rings. The first-order valence-corrected chi connectivity index (χ1v) is 6.74. The molecule has 0 fully saturated rings. The van der Waals surface area contributed by atoms with Crippen LogP contribution in [0.15, 0.2) is 35.7 Å². The van der Waals surface area contributed by atoms with Gasteiger partial charge in [-0.05, 0) is 36.0 Å². The number of hydrogen-bond donors (Lipinski definition) is 1. The summed E-state index contributed by atoms with van der Waals surface area (Å²) in [6.45, 7) is 1.16. The van der Waals surface area contributed by atoms with Crippen molar-refractivity contribution >= 4 is 11.3 Å². The van der Waals surface area contributed by atoms with Crippen LogP contribution in [-0.4, -0.2) is 13.7 Å². The molecule has 96 valence electrons. The highest BCUT2D eigenvalue weighted by Crippen LogP contribution is 2.32. The van der Waals surface area contributed by atoms with E-state index in [1.165, 1.54) is 4.88 Å². The van der Waals surface area contributed by atoms with E-state index in [4.69, 9.17) is 15.2 Å². The minimum absolute atomic E-state index is 0.565. The molecule has 4 heteroatoms. The number of para-hydroxylation sites is 1. The molecular formula is C14H17NO2S. The van der Waals surface area contributed by atoms with Gasteiger partial charge in [-0.15, -0.1) is 11.3 Å². The maximum absolute atomic E-state index is 5.89. The van der Waals surface area contributed by atoms with E-state index < -0.39 is 0 Å². The number of ether oxygens (including phenoxy) is 2. The van der Waals surface area contributed by atoms with Gasteiger partial charge in [0.1, 0.15) is 6.61 Å². The Morgan fingerprint density at radius 3 is 2.78 bits per heavy atom. The molecule has 0 spiro atoms. The fraction of sp³-hybridized carbons (Fsp3) is 0.286. The summed E-state index contributed by atoms with van der Waals surface area (Å²) in [5, 5.41) is 2.04. The molecule has 18 heavy (non-hydrogen) atoms. The van der Waals surface area contributed by atoms with Crippen LogP contribution in [0.1, 0.15) is 10.4 Å². The van der Waals surface area contributed by atoms with Gasteiger partial charge in [0.05, 0.1) is 7.11 Å². The highest BCUT2D eigenvalue weighted by atomic mass is 32.1. The number of nitrogens with two attached hydrogens (primary N) is 1. The molecule has 0 radical (unpaired) electrons. The van der Waals surface area contributed by atoms with Gasteiger partial charge in [0.2, 0.25) is 0 Å². The van der Waals surface area contributed by atoms with Crippen molar-refractivity contribution in [2.75, 3.05) is 13.7 Å². The Balaban J connectivity index is 2.18. The lowest BCUT2D eigenvalue weighted by Crippen LogP contribution is -2.06. The predicted molar refractivity (Wildman–Crippen MR) is 74.4 cm³/mol. The van der Waals surface area contributed by atoms with Crippen molar-refractivity contribution in [2.24, 2.45) is 5.73 Å². The van der Waals surface area contributed by atoms with Crippen molar-refractivity contribution in [1.82, 2.24) is 0 Å². The average Bonchev–Trinajstić information content (AvgIpc) is 2.90. The van der Waals surface area contributed by atoms with Crippen molar-refractivity contribution in [3.63, 3.8) is 0 Å². The van der Waals surface area contributed by atoms with E-state index in [-0.39, 0.29) is 0 Å². The molecule has 0 unspecified atom stereocenters. The Morgan fingerprint density at radius 2 is 2.11 bits per heavy atom. The molecule has 2 N–H and O–H groups in total. The lowest BCUT2D eigenvalue weighted by Gasteiger charge is -2.14. The second kappa shape index (κ2) is 6.42. The third-order valence-electron chi connectivity index (χ3n) is 2.63. The minimum Gasteiger partial charge on any atom is -0.493 e. The minimum atomic E-state index is 0.565. The molecule has 0 aliphatic rings. The zero-order chi connectivity index (χ0) is 12.8. The second-order valence-electron chi connectivity index (χ2n) is 3.86. The lowest BCUT2D eigenvalue weighted by molar-refractivity contribution is 0.284. The van der Waals surface area contributed by atoms with Crippen LogP contribution in [-0.2, 0) is 13.0 Å². The fourth-order valence-electron chi connectivity index (χ4n) is 1.78. The Labute approximate surface area is 111 Å². The standard InChI is InChI=1S/C14H17NO2S/c1-16-13-6-2-4-11(7-8-15)14(13)17-10-12-5-3-9-18-12/h2-6,9H,7-8,10,15H2,1H3. The zero-order valence-electron chi connectivity index (χ0n) is 10.4. The Morgan fingerprint density at radius 1 is 1.22 bits per heavy atom. The first-order valence-electron chi connectivity index (χ1n) is 5.86. The van der Waals surface area contributed by atoms with Crippen molar-refractivity contribution in [1.29, 1.82) is 0 Å². The summed E-state index contributed by atoms with van der Waals surface area (Å²) in [6, 6.07) is 9.97. The topological polar surface area (TPSA) is 44.5 Å². The smallest absolute Gasteiger partial charge is 0.164 e. The number of hydrogen-bond acceptors (Lipinski definition) is 4. The van der Waals surface area contributed by atoms with E-state index in [2.05, 4.69) is 6.07 Å². The lowest BCUT2D eigenvalue weighted by atomic mass is 10.1. The van der Waals surface area contributed by atoms with Crippen LogP contribution >= 0.6 is 11.3 Å². The highest BCUT2D eigenvalue weighted by Gasteiger charge is 2.10. The molecule has 3 nitrogen and oxygen atoms in total. The van der Waals surface area contributed by atoms with Crippen molar-refractivity contribution < 1.29 is 9.47 Å². The van der Waals surface area contributed by atoms with Gasteiger partial charge in [0.15, 0.2) is 11.5 Å². The summed E-state index contributed by atoms with van der Waals surface area (Å²) in [5.74, 6) is 1.57. The van der Waals surface area contributed by atoms with Crippen molar-refractivity contribution in [3.8, 4) is 11.5 Å².